The van der Waals surface area contributed by atoms with Crippen molar-refractivity contribution in [1.82, 2.24) is 10.6 Å². The smallest absolute Gasteiger partial charge is 0.220 e. The summed E-state index contributed by atoms with van der Waals surface area (Å²) in [5, 5.41) is 6.65. The second-order valence-corrected chi connectivity index (χ2v) is 6.16. The van der Waals surface area contributed by atoms with E-state index in [0.717, 1.165) is 12.8 Å². The van der Waals surface area contributed by atoms with E-state index in [-0.39, 0.29) is 17.0 Å². The molecule has 1 atom stereocenters. The quantitative estimate of drug-likeness (QED) is 0.588. The van der Waals surface area contributed by atoms with Crippen molar-refractivity contribution >= 4 is 29.1 Å². The molecule has 0 heterocycles. The summed E-state index contributed by atoms with van der Waals surface area (Å²) in [6.07, 6.45) is 3.39. The van der Waals surface area contributed by atoms with Gasteiger partial charge in [0.05, 0.1) is 5.02 Å². The van der Waals surface area contributed by atoms with Crippen LogP contribution in [0, 0.1) is 5.82 Å². The van der Waals surface area contributed by atoms with E-state index in [0.29, 0.717) is 36.0 Å². The van der Waals surface area contributed by atoms with Crippen molar-refractivity contribution in [2.75, 3.05) is 6.54 Å². The van der Waals surface area contributed by atoms with Crippen LogP contribution in [0.25, 0.3) is 0 Å². The number of nitrogens with one attached hydrogen (secondary N) is 2. The predicted octanol–water partition coefficient (Wildman–Crippen LogP) is 3.84. The molecular formula is C15H19Cl2FN2O. The molecule has 0 radical (unpaired) electrons. The zero-order chi connectivity index (χ0) is 15.4. The molecule has 1 amide bonds. The maximum Gasteiger partial charge on any atom is 0.220 e. The zero-order valence-electron chi connectivity index (χ0n) is 11.9. The molecule has 1 fully saturated rings. The van der Waals surface area contributed by atoms with Crippen molar-refractivity contribution in [3.05, 3.63) is 33.6 Å². The van der Waals surface area contributed by atoms with Crippen molar-refractivity contribution in [2.24, 2.45) is 0 Å². The van der Waals surface area contributed by atoms with E-state index >= 15 is 0 Å². The van der Waals surface area contributed by atoms with E-state index in [2.05, 4.69) is 10.6 Å². The average Bonchev–Trinajstić information content (AvgIpc) is 3.23. The highest BCUT2D eigenvalue weighted by atomic mass is 35.5. The summed E-state index contributed by atoms with van der Waals surface area (Å²) in [7, 11) is 0. The van der Waals surface area contributed by atoms with Gasteiger partial charge < -0.3 is 10.6 Å². The molecule has 1 saturated carbocycles. The minimum absolute atomic E-state index is 0.0500. The van der Waals surface area contributed by atoms with Crippen LogP contribution in [0.15, 0.2) is 12.1 Å². The third-order valence-electron chi connectivity index (χ3n) is 3.49. The van der Waals surface area contributed by atoms with E-state index in [4.69, 9.17) is 23.2 Å². The molecule has 1 unspecified atom stereocenters. The number of rotatable bonds is 7. The van der Waals surface area contributed by atoms with Gasteiger partial charge >= 0.3 is 0 Å². The molecule has 0 aromatic heterocycles. The van der Waals surface area contributed by atoms with Gasteiger partial charge in [-0.05, 0) is 44.9 Å². The van der Waals surface area contributed by atoms with Crippen molar-refractivity contribution in [3.8, 4) is 0 Å². The van der Waals surface area contributed by atoms with Crippen LogP contribution in [0.3, 0.4) is 0 Å². The molecule has 0 saturated heterocycles. The number of carbonyl (C=O) groups excluding carboxylic acids is 1. The molecule has 0 aliphatic heterocycles. The standard InChI is InChI=1S/C15H19Cl2FN2O/c1-9(14-11(16)6-7-12(18)15(14)17)19-8-2-3-13(21)20-10-4-5-10/h6-7,9-10,19H,2-5,8H2,1H3,(H,20,21). The van der Waals surface area contributed by atoms with E-state index in [9.17, 15) is 9.18 Å². The number of amides is 1. The Kier molecular flexibility index (Phi) is 5.85. The summed E-state index contributed by atoms with van der Waals surface area (Å²) in [4.78, 5) is 11.5. The number of hydrogen-bond acceptors (Lipinski definition) is 2. The highest BCUT2D eigenvalue weighted by Gasteiger charge is 2.22. The molecule has 3 nitrogen and oxygen atoms in total. The second kappa shape index (κ2) is 7.43. The first-order chi connectivity index (χ1) is 9.99. The number of carbonyl (C=O) groups is 1. The fourth-order valence-corrected chi connectivity index (χ4v) is 2.83. The number of benzene rings is 1. The Balaban J connectivity index is 1.77. The fourth-order valence-electron chi connectivity index (χ4n) is 2.14. The lowest BCUT2D eigenvalue weighted by molar-refractivity contribution is -0.121. The van der Waals surface area contributed by atoms with Gasteiger partial charge in [-0.25, -0.2) is 4.39 Å². The molecule has 1 aliphatic rings. The first-order valence-electron chi connectivity index (χ1n) is 7.15. The third-order valence-corrected chi connectivity index (χ3v) is 4.20. The maximum atomic E-state index is 13.5. The lowest BCUT2D eigenvalue weighted by Gasteiger charge is -2.17. The second-order valence-electron chi connectivity index (χ2n) is 5.38. The Morgan fingerprint density at radius 1 is 1.43 bits per heavy atom. The van der Waals surface area contributed by atoms with Gasteiger partial charge in [-0.1, -0.05) is 23.2 Å². The Labute approximate surface area is 134 Å². The van der Waals surface area contributed by atoms with Gasteiger partial charge in [0.2, 0.25) is 5.91 Å². The van der Waals surface area contributed by atoms with Crippen LogP contribution in [-0.2, 0) is 4.79 Å². The molecule has 1 aliphatic carbocycles. The Bertz CT molecular complexity index is 521. The van der Waals surface area contributed by atoms with Crippen LogP contribution < -0.4 is 10.6 Å². The summed E-state index contributed by atoms with van der Waals surface area (Å²) in [6, 6.07) is 2.98. The number of halogens is 3. The zero-order valence-corrected chi connectivity index (χ0v) is 13.4. The summed E-state index contributed by atoms with van der Waals surface area (Å²) in [5.74, 6) is -0.387. The summed E-state index contributed by atoms with van der Waals surface area (Å²) >= 11 is 12.0. The topological polar surface area (TPSA) is 41.1 Å². The van der Waals surface area contributed by atoms with Gasteiger partial charge in [-0.2, -0.15) is 0 Å². The van der Waals surface area contributed by atoms with Gasteiger partial charge in [0.15, 0.2) is 0 Å². The summed E-state index contributed by atoms with van der Waals surface area (Å²) < 4.78 is 13.5. The molecular weight excluding hydrogens is 314 g/mol. The molecule has 0 bridgehead atoms. The van der Waals surface area contributed by atoms with Crippen LogP contribution in [0.5, 0.6) is 0 Å². The first kappa shape index (κ1) is 16.5. The lowest BCUT2D eigenvalue weighted by Crippen LogP contribution is -2.27. The maximum absolute atomic E-state index is 13.5. The normalized spacial score (nSPS) is 15.8. The molecule has 2 N–H and O–H groups in total. The fraction of sp³-hybridized carbons (Fsp3) is 0.533. The molecule has 116 valence electrons. The Morgan fingerprint density at radius 3 is 2.81 bits per heavy atom. The van der Waals surface area contributed by atoms with Gasteiger partial charge in [-0.3, -0.25) is 4.79 Å². The van der Waals surface area contributed by atoms with Crippen LogP contribution in [0.2, 0.25) is 10.0 Å². The van der Waals surface area contributed by atoms with Crippen molar-refractivity contribution in [2.45, 2.75) is 44.7 Å². The highest BCUT2D eigenvalue weighted by Crippen LogP contribution is 2.32. The predicted molar refractivity (Wildman–Crippen MR) is 83.2 cm³/mol. The Hall–Kier alpha value is -0.840. The number of hydrogen-bond donors (Lipinski definition) is 2. The van der Waals surface area contributed by atoms with Crippen molar-refractivity contribution in [3.63, 3.8) is 0 Å². The first-order valence-corrected chi connectivity index (χ1v) is 7.90. The van der Waals surface area contributed by atoms with Gasteiger partial charge in [-0.15, -0.1) is 0 Å². The third kappa shape index (κ3) is 4.83. The largest absolute Gasteiger partial charge is 0.353 e. The molecule has 0 spiro atoms. The van der Waals surface area contributed by atoms with Gasteiger partial charge in [0.1, 0.15) is 5.82 Å². The van der Waals surface area contributed by atoms with E-state index < -0.39 is 5.82 Å². The Morgan fingerprint density at radius 2 is 2.14 bits per heavy atom. The van der Waals surface area contributed by atoms with Crippen LogP contribution in [-0.4, -0.2) is 18.5 Å². The minimum atomic E-state index is -0.478. The molecule has 1 aromatic carbocycles. The van der Waals surface area contributed by atoms with Crippen LogP contribution in [0.4, 0.5) is 4.39 Å². The monoisotopic (exact) mass is 332 g/mol. The molecule has 2 rings (SSSR count). The van der Waals surface area contributed by atoms with Crippen LogP contribution >= 0.6 is 23.2 Å². The van der Waals surface area contributed by atoms with E-state index in [1.165, 1.54) is 12.1 Å². The molecule has 1 aromatic rings. The van der Waals surface area contributed by atoms with Gasteiger partial charge in [0.25, 0.3) is 0 Å². The average molecular weight is 333 g/mol. The molecule has 6 heteroatoms. The summed E-state index contributed by atoms with van der Waals surface area (Å²) in [6.45, 7) is 2.51. The van der Waals surface area contributed by atoms with E-state index in [1.54, 1.807) is 0 Å². The molecule has 21 heavy (non-hydrogen) atoms. The van der Waals surface area contributed by atoms with E-state index in [1.807, 2.05) is 6.92 Å². The van der Waals surface area contributed by atoms with Gasteiger partial charge in [0, 0.05) is 29.1 Å². The summed E-state index contributed by atoms with van der Waals surface area (Å²) in [5.41, 5.74) is 0.556. The van der Waals surface area contributed by atoms with Crippen molar-refractivity contribution in [1.29, 1.82) is 0 Å². The SMILES string of the molecule is CC(NCCCC(=O)NC1CC1)c1c(Cl)ccc(F)c1Cl. The van der Waals surface area contributed by atoms with Crippen LogP contribution in [0.1, 0.15) is 44.2 Å². The lowest BCUT2D eigenvalue weighted by atomic mass is 10.1. The highest BCUT2D eigenvalue weighted by molar-refractivity contribution is 6.36. The minimum Gasteiger partial charge on any atom is -0.353 e. The van der Waals surface area contributed by atoms with Crippen molar-refractivity contribution < 1.29 is 9.18 Å².